The lowest BCUT2D eigenvalue weighted by Crippen LogP contribution is -2.37. The van der Waals surface area contributed by atoms with Gasteiger partial charge in [0.05, 0.1) is 24.4 Å². The second-order valence-corrected chi connectivity index (χ2v) is 13.1. The van der Waals surface area contributed by atoms with E-state index >= 15 is 0 Å². The van der Waals surface area contributed by atoms with Crippen LogP contribution in [0.4, 0.5) is 0 Å². The Labute approximate surface area is 227 Å². The lowest BCUT2D eigenvalue weighted by Gasteiger charge is -2.25. The van der Waals surface area contributed by atoms with E-state index in [0.29, 0.717) is 39.0 Å². The number of hydrogen-bond donors (Lipinski definition) is 4. The van der Waals surface area contributed by atoms with Crippen LogP contribution < -0.4 is 0 Å². The summed E-state index contributed by atoms with van der Waals surface area (Å²) < 4.78 is 0. The number of nitrogens with zero attached hydrogens (tertiary/aromatic N) is 2. The maximum Gasteiger partial charge on any atom is 0.189 e. The van der Waals surface area contributed by atoms with Gasteiger partial charge >= 0.3 is 0 Å². The molecule has 10 heteroatoms. The maximum atomic E-state index is 12.4. The van der Waals surface area contributed by atoms with Crippen molar-refractivity contribution in [2.45, 2.75) is 115 Å². The number of aliphatic hydroxyl groups excluding tert-OH is 4. The predicted molar refractivity (Wildman–Crippen MR) is 151 cm³/mol. The van der Waals surface area contributed by atoms with Gasteiger partial charge in [-0.25, -0.2) is 0 Å². The summed E-state index contributed by atoms with van der Waals surface area (Å²) in [6, 6.07) is 0. The fraction of sp³-hybridized carbons (Fsp3) is 0.923. The molecular formula is C26H52N2O6S2. The van der Waals surface area contributed by atoms with Crippen molar-refractivity contribution in [1.82, 2.24) is 9.80 Å². The zero-order valence-electron chi connectivity index (χ0n) is 23.3. The van der Waals surface area contributed by atoms with Gasteiger partial charge in [0.15, 0.2) is 10.2 Å². The van der Waals surface area contributed by atoms with E-state index in [9.17, 15) is 30.0 Å². The van der Waals surface area contributed by atoms with Crippen LogP contribution in [0.2, 0.25) is 0 Å². The van der Waals surface area contributed by atoms with Gasteiger partial charge in [-0.1, -0.05) is 37.4 Å². The van der Waals surface area contributed by atoms with Crippen molar-refractivity contribution in [3.8, 4) is 0 Å². The Kier molecular flexibility index (Phi) is 20.6. The van der Waals surface area contributed by atoms with E-state index in [2.05, 4.69) is 0 Å². The largest absolute Gasteiger partial charge is 0.392 e. The molecule has 8 nitrogen and oxygen atoms in total. The summed E-state index contributed by atoms with van der Waals surface area (Å²) >= 11 is 2.63. The van der Waals surface area contributed by atoms with Gasteiger partial charge in [0.2, 0.25) is 0 Å². The Hall–Kier alpha value is -0.200. The van der Waals surface area contributed by atoms with E-state index in [1.54, 1.807) is 27.7 Å². The molecule has 6 unspecified atom stereocenters. The van der Waals surface area contributed by atoms with Crippen LogP contribution in [0.15, 0.2) is 0 Å². The molecule has 0 bridgehead atoms. The Morgan fingerprint density at radius 2 is 0.833 bits per heavy atom. The number of carbonyl (C=O) groups is 2. The molecule has 0 saturated heterocycles. The molecule has 0 heterocycles. The van der Waals surface area contributed by atoms with E-state index in [0.717, 1.165) is 38.8 Å². The van der Waals surface area contributed by atoms with E-state index < -0.39 is 24.4 Å². The third kappa shape index (κ3) is 20.8. The Bertz CT molecular complexity index is 523. The highest BCUT2D eigenvalue weighted by Crippen LogP contribution is 2.27. The number of rotatable bonds is 21. The molecular weight excluding hydrogens is 500 g/mol. The topological polar surface area (TPSA) is 122 Å². The molecule has 0 radical (unpaired) electrons. The second-order valence-electron chi connectivity index (χ2n) is 10.2. The number of unbranched alkanes of at least 4 members (excludes halogenated alkanes) is 2. The Balaban J connectivity index is 4.19. The van der Waals surface area contributed by atoms with Crippen molar-refractivity contribution in [1.29, 1.82) is 0 Å². The van der Waals surface area contributed by atoms with Crippen molar-refractivity contribution >= 4 is 33.8 Å². The molecule has 4 N–H and O–H groups in total. The van der Waals surface area contributed by atoms with Crippen LogP contribution in [0, 0.1) is 0 Å². The first-order chi connectivity index (χ1) is 16.8. The molecule has 6 atom stereocenters. The van der Waals surface area contributed by atoms with Crippen molar-refractivity contribution in [3.63, 3.8) is 0 Å². The van der Waals surface area contributed by atoms with Gasteiger partial charge in [-0.05, 0) is 66.5 Å². The minimum absolute atomic E-state index is 0.0426. The van der Waals surface area contributed by atoms with E-state index in [1.165, 1.54) is 23.5 Å². The third-order valence-electron chi connectivity index (χ3n) is 5.60. The van der Waals surface area contributed by atoms with E-state index in [1.807, 2.05) is 23.6 Å². The number of carbonyl (C=O) groups excluding carboxylic acids is 2. The molecule has 0 aromatic carbocycles. The first-order valence-electron chi connectivity index (χ1n) is 13.4. The summed E-state index contributed by atoms with van der Waals surface area (Å²) in [6.45, 7) is 14.4. The molecule has 0 aliphatic carbocycles. The second kappa shape index (κ2) is 20.7. The average molecular weight is 553 g/mol. The SMILES string of the molecule is CC(O)CN(CCCCC(=O)SC(C)C(C)SC(=O)CCCCN(CC(C)O)CC(C)O)CC(C)O. The van der Waals surface area contributed by atoms with E-state index in [-0.39, 0.29) is 20.7 Å². The first kappa shape index (κ1) is 35.8. The smallest absolute Gasteiger partial charge is 0.189 e. The van der Waals surface area contributed by atoms with Gasteiger partial charge in [0, 0.05) is 49.5 Å². The van der Waals surface area contributed by atoms with Crippen molar-refractivity contribution in [3.05, 3.63) is 0 Å². The molecule has 214 valence electrons. The van der Waals surface area contributed by atoms with Crippen molar-refractivity contribution in [2.75, 3.05) is 39.3 Å². The zero-order valence-corrected chi connectivity index (χ0v) is 24.9. The average Bonchev–Trinajstić information content (AvgIpc) is 2.72. The summed E-state index contributed by atoms with van der Waals surface area (Å²) in [6.07, 6.45) is 2.31. The first-order valence-corrected chi connectivity index (χ1v) is 15.1. The minimum Gasteiger partial charge on any atom is -0.392 e. The van der Waals surface area contributed by atoms with Crippen LogP contribution >= 0.6 is 23.5 Å². The lowest BCUT2D eigenvalue weighted by molar-refractivity contribution is -0.112. The molecule has 0 spiro atoms. The van der Waals surface area contributed by atoms with Crippen molar-refractivity contribution < 1.29 is 30.0 Å². The van der Waals surface area contributed by atoms with Gasteiger partial charge in [-0.3, -0.25) is 19.4 Å². The van der Waals surface area contributed by atoms with Gasteiger partial charge < -0.3 is 20.4 Å². The minimum atomic E-state index is -0.455. The van der Waals surface area contributed by atoms with Crippen LogP contribution in [0.3, 0.4) is 0 Å². The Morgan fingerprint density at radius 1 is 0.556 bits per heavy atom. The Morgan fingerprint density at radius 3 is 1.08 bits per heavy atom. The van der Waals surface area contributed by atoms with Gasteiger partial charge in [-0.15, -0.1) is 0 Å². The molecule has 36 heavy (non-hydrogen) atoms. The van der Waals surface area contributed by atoms with Crippen molar-refractivity contribution in [2.24, 2.45) is 0 Å². The molecule has 0 amide bonds. The summed E-state index contributed by atoms with van der Waals surface area (Å²) in [5, 5.41) is 38.8. The highest BCUT2D eigenvalue weighted by molar-refractivity contribution is 8.17. The summed E-state index contributed by atoms with van der Waals surface area (Å²) in [5.41, 5.74) is 0. The standard InChI is InChI=1S/C26H52N2O6S2/c1-19(29)15-27(16-20(2)30)13-9-7-11-25(33)35-23(5)24(6)36-26(34)12-8-10-14-28(17-21(3)31)18-22(4)32/h19-24,29-32H,7-18H2,1-6H3. The summed E-state index contributed by atoms with van der Waals surface area (Å²) in [5.74, 6) is 0. The van der Waals surface area contributed by atoms with Crippen LogP contribution in [-0.2, 0) is 9.59 Å². The monoisotopic (exact) mass is 552 g/mol. The molecule has 0 fully saturated rings. The fourth-order valence-electron chi connectivity index (χ4n) is 3.94. The normalized spacial score (nSPS) is 17.1. The predicted octanol–water partition coefficient (Wildman–Crippen LogP) is 2.75. The van der Waals surface area contributed by atoms with Crippen LogP contribution in [0.5, 0.6) is 0 Å². The van der Waals surface area contributed by atoms with Crippen LogP contribution in [0.25, 0.3) is 0 Å². The molecule has 0 rings (SSSR count). The number of thioether (sulfide) groups is 2. The molecule has 0 aromatic heterocycles. The van der Waals surface area contributed by atoms with Crippen LogP contribution in [-0.4, -0.2) is 115 Å². The summed E-state index contributed by atoms with van der Waals surface area (Å²) in [4.78, 5) is 28.9. The van der Waals surface area contributed by atoms with Gasteiger partial charge in [0.1, 0.15) is 0 Å². The number of aliphatic hydroxyl groups is 4. The lowest BCUT2D eigenvalue weighted by atomic mass is 10.2. The van der Waals surface area contributed by atoms with E-state index in [4.69, 9.17) is 0 Å². The van der Waals surface area contributed by atoms with Gasteiger partial charge in [0.25, 0.3) is 0 Å². The maximum absolute atomic E-state index is 12.4. The van der Waals surface area contributed by atoms with Gasteiger partial charge in [-0.2, -0.15) is 0 Å². The third-order valence-corrected chi connectivity index (χ3v) is 8.26. The quantitative estimate of drug-likeness (QED) is 0.158. The van der Waals surface area contributed by atoms with Crippen LogP contribution in [0.1, 0.15) is 80.1 Å². The molecule has 0 aliphatic heterocycles. The molecule has 0 saturated carbocycles. The molecule has 0 aromatic rings. The highest BCUT2D eigenvalue weighted by Gasteiger charge is 2.20. The number of hydrogen-bond acceptors (Lipinski definition) is 10. The highest BCUT2D eigenvalue weighted by atomic mass is 32.2. The summed E-state index contributed by atoms with van der Waals surface area (Å²) in [7, 11) is 0. The molecule has 0 aliphatic rings. The zero-order chi connectivity index (χ0) is 27.7. The fourth-order valence-corrected chi connectivity index (χ4v) is 6.01.